The fourth-order valence-corrected chi connectivity index (χ4v) is 6.27. The van der Waals surface area contributed by atoms with Gasteiger partial charge in [0.2, 0.25) is 5.91 Å². The summed E-state index contributed by atoms with van der Waals surface area (Å²) >= 11 is 1.24. The van der Waals surface area contributed by atoms with E-state index in [4.69, 9.17) is 4.74 Å². The molecule has 1 aliphatic heterocycles. The van der Waals surface area contributed by atoms with Crippen LogP contribution in [0.5, 0.6) is 5.75 Å². The first-order valence-corrected chi connectivity index (χ1v) is 12.3. The molecule has 0 bridgehead atoms. The van der Waals surface area contributed by atoms with Gasteiger partial charge in [0.25, 0.3) is 10.0 Å². The molecule has 1 N–H and O–H groups in total. The Bertz CT molecular complexity index is 905. The maximum atomic E-state index is 12.7. The molecule has 1 aromatic heterocycles. The molecule has 1 atom stereocenters. The number of para-hydroxylation sites is 1. The molecule has 158 valence electrons. The highest BCUT2D eigenvalue weighted by Gasteiger charge is 2.33. The number of hydrogen-bond donors (Lipinski definition) is 1. The first-order chi connectivity index (χ1) is 13.9. The molecular formula is C21H28N2O4S2. The zero-order chi connectivity index (χ0) is 20.9. The van der Waals surface area contributed by atoms with Gasteiger partial charge >= 0.3 is 0 Å². The highest BCUT2D eigenvalue weighted by atomic mass is 32.2. The average Bonchev–Trinajstić information content (AvgIpc) is 3.28. The largest absolute Gasteiger partial charge is 0.494 e. The van der Waals surface area contributed by atoms with E-state index >= 15 is 0 Å². The lowest BCUT2D eigenvalue weighted by atomic mass is 9.85. The van der Waals surface area contributed by atoms with Crippen molar-refractivity contribution in [1.82, 2.24) is 9.62 Å². The second kappa shape index (κ2) is 9.73. The smallest absolute Gasteiger partial charge is 0.252 e. The summed E-state index contributed by atoms with van der Waals surface area (Å²) in [4.78, 5) is 12.7. The van der Waals surface area contributed by atoms with Gasteiger partial charge in [0.1, 0.15) is 9.96 Å². The van der Waals surface area contributed by atoms with E-state index in [1.807, 2.05) is 38.1 Å². The van der Waals surface area contributed by atoms with Crippen LogP contribution >= 0.6 is 11.3 Å². The zero-order valence-electron chi connectivity index (χ0n) is 16.8. The number of hydrogen-bond acceptors (Lipinski definition) is 5. The lowest BCUT2D eigenvalue weighted by Crippen LogP contribution is -2.42. The van der Waals surface area contributed by atoms with Gasteiger partial charge in [-0.3, -0.25) is 4.79 Å². The number of piperidine rings is 1. The molecule has 1 aromatic carbocycles. The molecule has 1 aliphatic rings. The van der Waals surface area contributed by atoms with Crippen LogP contribution in [0, 0.1) is 11.8 Å². The number of amides is 1. The van der Waals surface area contributed by atoms with Gasteiger partial charge in [-0.25, -0.2) is 8.42 Å². The van der Waals surface area contributed by atoms with Crippen LogP contribution in [-0.2, 0) is 21.4 Å². The molecule has 0 aliphatic carbocycles. The van der Waals surface area contributed by atoms with Gasteiger partial charge in [0, 0.05) is 31.1 Å². The monoisotopic (exact) mass is 436 g/mol. The number of carbonyl (C=O) groups is 1. The lowest BCUT2D eigenvalue weighted by Gasteiger charge is -2.33. The summed E-state index contributed by atoms with van der Waals surface area (Å²) in [6, 6.07) is 11.1. The number of sulfonamides is 1. The van der Waals surface area contributed by atoms with Crippen LogP contribution in [0.25, 0.3) is 0 Å². The number of nitrogens with zero attached hydrogens (tertiary/aromatic N) is 1. The molecule has 3 rings (SSSR count). The molecule has 2 aromatic rings. The molecule has 2 heterocycles. The summed E-state index contributed by atoms with van der Waals surface area (Å²) in [6.07, 6.45) is 1.38. The fraction of sp³-hybridized carbons (Fsp3) is 0.476. The van der Waals surface area contributed by atoms with Crippen molar-refractivity contribution in [2.75, 3.05) is 19.7 Å². The van der Waals surface area contributed by atoms with Gasteiger partial charge in [-0.15, -0.1) is 11.3 Å². The molecule has 1 amide bonds. The van der Waals surface area contributed by atoms with E-state index in [-0.39, 0.29) is 17.7 Å². The third kappa shape index (κ3) is 5.18. The highest BCUT2D eigenvalue weighted by Crippen LogP contribution is 2.30. The first-order valence-electron chi connectivity index (χ1n) is 9.95. The van der Waals surface area contributed by atoms with Crippen molar-refractivity contribution in [3.8, 4) is 5.75 Å². The Balaban J connectivity index is 1.53. The fourth-order valence-electron chi connectivity index (χ4n) is 3.66. The maximum Gasteiger partial charge on any atom is 0.252 e. The number of rotatable bonds is 8. The van der Waals surface area contributed by atoms with Crippen LogP contribution < -0.4 is 10.1 Å². The van der Waals surface area contributed by atoms with Gasteiger partial charge < -0.3 is 10.1 Å². The number of carbonyl (C=O) groups excluding carboxylic acids is 1. The van der Waals surface area contributed by atoms with Crippen molar-refractivity contribution >= 4 is 27.3 Å². The van der Waals surface area contributed by atoms with Gasteiger partial charge in [-0.2, -0.15) is 4.31 Å². The molecule has 8 heteroatoms. The van der Waals surface area contributed by atoms with Gasteiger partial charge in [0.05, 0.1) is 6.61 Å². The van der Waals surface area contributed by atoms with E-state index in [2.05, 4.69) is 5.32 Å². The predicted molar refractivity (Wildman–Crippen MR) is 114 cm³/mol. The second-order valence-electron chi connectivity index (χ2n) is 7.22. The van der Waals surface area contributed by atoms with Crippen molar-refractivity contribution in [2.24, 2.45) is 11.8 Å². The van der Waals surface area contributed by atoms with Crippen molar-refractivity contribution in [3.63, 3.8) is 0 Å². The third-order valence-corrected chi connectivity index (χ3v) is 8.71. The van der Waals surface area contributed by atoms with E-state index in [0.717, 1.165) is 11.3 Å². The Kier molecular flexibility index (Phi) is 7.32. The summed E-state index contributed by atoms with van der Waals surface area (Å²) in [6.45, 7) is 5.77. The van der Waals surface area contributed by atoms with Crippen LogP contribution in [0.1, 0.15) is 32.3 Å². The Morgan fingerprint density at radius 2 is 1.97 bits per heavy atom. The molecule has 1 fully saturated rings. The van der Waals surface area contributed by atoms with Gasteiger partial charge in [-0.05, 0) is 43.2 Å². The van der Waals surface area contributed by atoms with E-state index in [9.17, 15) is 13.2 Å². The SMILES string of the molecule is CCOc1ccccc1CNC(=O)[C@@H](C)C1CCN(S(=O)(=O)c2cccs2)CC1. The van der Waals surface area contributed by atoms with E-state index in [1.165, 1.54) is 15.6 Å². The van der Waals surface area contributed by atoms with Crippen LogP contribution in [0.2, 0.25) is 0 Å². The Labute approximate surface area is 176 Å². The average molecular weight is 437 g/mol. The van der Waals surface area contributed by atoms with Crippen molar-refractivity contribution in [1.29, 1.82) is 0 Å². The van der Waals surface area contributed by atoms with Gasteiger partial charge in [-0.1, -0.05) is 31.2 Å². The highest BCUT2D eigenvalue weighted by molar-refractivity contribution is 7.91. The molecule has 0 unspecified atom stereocenters. The summed E-state index contributed by atoms with van der Waals surface area (Å²) in [5.41, 5.74) is 0.951. The van der Waals surface area contributed by atoms with E-state index in [1.54, 1.807) is 17.5 Å². The van der Waals surface area contributed by atoms with Crippen molar-refractivity contribution in [3.05, 3.63) is 47.3 Å². The second-order valence-corrected chi connectivity index (χ2v) is 10.3. The minimum Gasteiger partial charge on any atom is -0.494 e. The summed E-state index contributed by atoms with van der Waals surface area (Å²) in [7, 11) is -3.41. The zero-order valence-corrected chi connectivity index (χ0v) is 18.5. The number of benzene rings is 1. The number of nitrogens with one attached hydrogen (secondary N) is 1. The van der Waals surface area contributed by atoms with Crippen LogP contribution in [0.3, 0.4) is 0 Å². The molecule has 0 radical (unpaired) electrons. The van der Waals surface area contributed by atoms with E-state index < -0.39 is 10.0 Å². The molecule has 1 saturated heterocycles. The van der Waals surface area contributed by atoms with Crippen molar-refractivity contribution in [2.45, 2.75) is 37.4 Å². The summed E-state index contributed by atoms with van der Waals surface area (Å²) in [5.74, 6) is 0.790. The molecule has 6 nitrogen and oxygen atoms in total. The predicted octanol–water partition coefficient (Wildman–Crippen LogP) is 3.50. The molecule has 29 heavy (non-hydrogen) atoms. The molecular weight excluding hydrogens is 408 g/mol. The Morgan fingerprint density at radius 1 is 1.24 bits per heavy atom. The van der Waals surface area contributed by atoms with Crippen LogP contribution in [-0.4, -0.2) is 38.3 Å². The van der Waals surface area contributed by atoms with Crippen LogP contribution in [0.4, 0.5) is 0 Å². The summed E-state index contributed by atoms with van der Waals surface area (Å²) in [5, 5.41) is 4.78. The summed E-state index contributed by atoms with van der Waals surface area (Å²) < 4.78 is 32.8. The lowest BCUT2D eigenvalue weighted by molar-refractivity contribution is -0.126. The van der Waals surface area contributed by atoms with Crippen LogP contribution in [0.15, 0.2) is 46.0 Å². The normalized spacial score (nSPS) is 17.0. The van der Waals surface area contributed by atoms with E-state index in [0.29, 0.717) is 43.3 Å². The van der Waals surface area contributed by atoms with Crippen molar-refractivity contribution < 1.29 is 17.9 Å². The Hall–Kier alpha value is -1.90. The topological polar surface area (TPSA) is 75.7 Å². The standard InChI is InChI=1S/C21H28N2O4S2/c1-3-27-19-8-5-4-7-18(19)15-22-21(24)16(2)17-10-12-23(13-11-17)29(25,26)20-9-6-14-28-20/h4-9,14,16-17H,3,10-13,15H2,1-2H3,(H,22,24)/t16-/m0/s1. The first kappa shape index (κ1) is 21.8. The quantitative estimate of drug-likeness (QED) is 0.687. The number of thiophene rings is 1. The minimum absolute atomic E-state index is 0.00383. The molecule has 0 saturated carbocycles. The Morgan fingerprint density at radius 3 is 2.62 bits per heavy atom. The third-order valence-electron chi connectivity index (χ3n) is 5.43. The minimum atomic E-state index is -3.41. The molecule has 0 spiro atoms. The van der Waals surface area contributed by atoms with Gasteiger partial charge in [0.15, 0.2) is 0 Å². The number of ether oxygens (including phenoxy) is 1. The maximum absolute atomic E-state index is 12.7.